The van der Waals surface area contributed by atoms with Gasteiger partial charge in [0.15, 0.2) is 0 Å². The maximum atomic E-state index is 14.1. The second-order valence-corrected chi connectivity index (χ2v) is 7.21. The van der Waals surface area contributed by atoms with E-state index >= 15 is 0 Å². The fourth-order valence-electron chi connectivity index (χ4n) is 4.61. The molecule has 0 spiro atoms. The van der Waals surface area contributed by atoms with E-state index in [1.807, 2.05) is 17.0 Å². The molecular formula is C19H20FN3O2. The van der Waals surface area contributed by atoms with Gasteiger partial charge in [-0.1, -0.05) is 0 Å². The van der Waals surface area contributed by atoms with Crippen molar-refractivity contribution in [1.29, 1.82) is 0 Å². The molecule has 25 heavy (non-hydrogen) atoms. The van der Waals surface area contributed by atoms with Gasteiger partial charge in [-0.05, 0) is 43.2 Å². The summed E-state index contributed by atoms with van der Waals surface area (Å²) in [4.78, 5) is 14.5. The normalized spacial score (nSPS) is 29.9. The average Bonchev–Trinajstić information content (AvgIpc) is 3.37. The molecule has 2 aromatic rings. The molecule has 3 fully saturated rings. The van der Waals surface area contributed by atoms with Crippen molar-refractivity contribution in [2.75, 3.05) is 18.4 Å². The van der Waals surface area contributed by atoms with Crippen molar-refractivity contribution in [2.24, 2.45) is 11.8 Å². The highest BCUT2D eigenvalue weighted by Gasteiger charge is 2.53. The fourth-order valence-corrected chi connectivity index (χ4v) is 4.61. The van der Waals surface area contributed by atoms with Crippen LogP contribution in [0.25, 0.3) is 5.69 Å². The second-order valence-electron chi connectivity index (χ2n) is 7.21. The topological polar surface area (TPSA) is 46.5 Å². The molecule has 5 nitrogen and oxygen atoms in total. The zero-order valence-corrected chi connectivity index (χ0v) is 13.8. The van der Waals surface area contributed by atoms with Gasteiger partial charge in [0.2, 0.25) is 0 Å². The highest BCUT2D eigenvalue weighted by molar-refractivity contribution is 5.90. The van der Waals surface area contributed by atoms with E-state index in [0.717, 1.165) is 25.9 Å². The molecule has 6 heteroatoms. The number of likely N-dealkylation sites (tertiary alicyclic amines) is 1. The molecule has 4 heterocycles. The average molecular weight is 341 g/mol. The molecule has 3 saturated heterocycles. The maximum absolute atomic E-state index is 14.1. The van der Waals surface area contributed by atoms with Crippen LogP contribution in [0.15, 0.2) is 42.7 Å². The number of rotatable bonds is 2. The van der Waals surface area contributed by atoms with Gasteiger partial charge in [-0.15, -0.1) is 0 Å². The van der Waals surface area contributed by atoms with Crippen LogP contribution in [-0.2, 0) is 4.74 Å². The van der Waals surface area contributed by atoms with E-state index in [4.69, 9.17) is 4.74 Å². The minimum absolute atomic E-state index is 0.112. The molecule has 5 rings (SSSR count). The number of anilines is 1. The molecule has 1 N–H and O–H groups in total. The van der Waals surface area contributed by atoms with E-state index < -0.39 is 0 Å². The molecule has 0 radical (unpaired) electrons. The first-order valence-electron chi connectivity index (χ1n) is 8.83. The van der Waals surface area contributed by atoms with Gasteiger partial charge in [0, 0.05) is 43.0 Å². The summed E-state index contributed by atoms with van der Waals surface area (Å²) in [6.45, 7) is 1.51. The van der Waals surface area contributed by atoms with Gasteiger partial charge in [-0.3, -0.25) is 0 Å². The van der Waals surface area contributed by atoms with Crippen LogP contribution in [0.5, 0.6) is 0 Å². The third-order valence-electron chi connectivity index (χ3n) is 5.82. The van der Waals surface area contributed by atoms with Crippen LogP contribution in [0.2, 0.25) is 0 Å². The molecule has 4 atom stereocenters. The van der Waals surface area contributed by atoms with Crippen LogP contribution in [0.1, 0.15) is 12.8 Å². The molecule has 3 aliphatic rings. The molecule has 1 aromatic heterocycles. The highest BCUT2D eigenvalue weighted by Crippen LogP contribution is 2.47. The van der Waals surface area contributed by atoms with E-state index in [1.165, 1.54) is 6.07 Å². The highest BCUT2D eigenvalue weighted by atomic mass is 19.1. The molecule has 2 amide bonds. The standard InChI is InChI=1S/C19H20FN3O2/c20-15-4-3-12(9-16(15)22-7-1-2-8-22)21-19(24)23-10-13-14(11-23)18-6-5-17(13)25-18/h1-4,7-9,13-14,17-18H,5-6,10-11H2,(H,21,24)/t13-,14-,17-,18-/m1/s1. The molecule has 130 valence electrons. The number of nitrogens with one attached hydrogen (secondary N) is 1. The van der Waals surface area contributed by atoms with E-state index in [0.29, 0.717) is 35.4 Å². The molecule has 2 bridgehead atoms. The monoisotopic (exact) mass is 341 g/mol. The number of fused-ring (bicyclic) bond motifs is 5. The number of ether oxygens (including phenoxy) is 1. The van der Waals surface area contributed by atoms with Crippen LogP contribution in [0, 0.1) is 17.7 Å². The van der Waals surface area contributed by atoms with Crippen molar-refractivity contribution in [1.82, 2.24) is 9.47 Å². The summed E-state index contributed by atoms with van der Waals surface area (Å²) in [6, 6.07) is 8.21. The Balaban J connectivity index is 1.31. The number of nitrogens with zero attached hydrogens (tertiary/aromatic N) is 2. The summed E-state index contributed by atoms with van der Waals surface area (Å²) in [7, 11) is 0. The lowest BCUT2D eigenvalue weighted by atomic mass is 9.82. The Morgan fingerprint density at radius 1 is 1.12 bits per heavy atom. The number of carbonyl (C=O) groups is 1. The zero-order chi connectivity index (χ0) is 17.0. The number of halogens is 1. The summed E-state index contributed by atoms with van der Waals surface area (Å²) in [5.41, 5.74) is 1.03. The van der Waals surface area contributed by atoms with Crippen molar-refractivity contribution in [3.05, 3.63) is 48.5 Å². The van der Waals surface area contributed by atoms with Crippen LogP contribution < -0.4 is 5.32 Å². The van der Waals surface area contributed by atoms with Gasteiger partial charge in [0.1, 0.15) is 5.82 Å². The number of carbonyl (C=O) groups excluding carboxylic acids is 1. The van der Waals surface area contributed by atoms with Gasteiger partial charge in [0.25, 0.3) is 0 Å². The van der Waals surface area contributed by atoms with Gasteiger partial charge < -0.3 is 19.5 Å². The minimum atomic E-state index is -0.321. The van der Waals surface area contributed by atoms with E-state index in [1.54, 1.807) is 29.1 Å². The molecular weight excluding hydrogens is 321 g/mol. The molecule has 0 aliphatic carbocycles. The molecule has 1 aromatic carbocycles. The Hall–Kier alpha value is -2.34. The lowest BCUT2D eigenvalue weighted by Gasteiger charge is -2.20. The van der Waals surface area contributed by atoms with Gasteiger partial charge >= 0.3 is 6.03 Å². The first kappa shape index (κ1) is 15.0. The molecule has 0 saturated carbocycles. The van der Waals surface area contributed by atoms with Gasteiger partial charge in [-0.25, -0.2) is 9.18 Å². The quantitative estimate of drug-likeness (QED) is 0.911. The van der Waals surface area contributed by atoms with E-state index in [2.05, 4.69) is 5.32 Å². The summed E-state index contributed by atoms with van der Waals surface area (Å²) >= 11 is 0. The lowest BCUT2D eigenvalue weighted by molar-refractivity contribution is 0.0747. The third-order valence-corrected chi connectivity index (χ3v) is 5.82. The SMILES string of the molecule is O=C(Nc1ccc(F)c(-n2cccc2)c1)N1C[C@@H]2[C@@H](C1)[C@H]1CC[C@H]2O1. The summed E-state index contributed by atoms with van der Waals surface area (Å²) in [5.74, 6) is 0.639. The van der Waals surface area contributed by atoms with Gasteiger partial charge in [0.05, 0.1) is 17.9 Å². The van der Waals surface area contributed by atoms with E-state index in [9.17, 15) is 9.18 Å². The van der Waals surface area contributed by atoms with Crippen LogP contribution in [0.4, 0.5) is 14.9 Å². The Morgan fingerprint density at radius 2 is 1.80 bits per heavy atom. The number of urea groups is 1. The van der Waals surface area contributed by atoms with Crippen molar-refractivity contribution in [3.63, 3.8) is 0 Å². The van der Waals surface area contributed by atoms with Crippen molar-refractivity contribution in [2.45, 2.75) is 25.0 Å². The Bertz CT molecular complexity index is 789. The predicted molar refractivity (Wildman–Crippen MR) is 91.2 cm³/mol. The summed E-state index contributed by atoms with van der Waals surface area (Å²) in [6.07, 6.45) is 6.47. The fraction of sp³-hybridized carbons (Fsp3) is 0.421. The molecule has 3 aliphatic heterocycles. The van der Waals surface area contributed by atoms with Crippen molar-refractivity contribution in [3.8, 4) is 5.69 Å². The zero-order valence-electron chi connectivity index (χ0n) is 13.8. The first-order chi connectivity index (χ1) is 12.2. The van der Waals surface area contributed by atoms with Crippen LogP contribution >= 0.6 is 0 Å². The number of hydrogen-bond donors (Lipinski definition) is 1. The minimum Gasteiger partial charge on any atom is -0.374 e. The van der Waals surface area contributed by atoms with Crippen LogP contribution in [0.3, 0.4) is 0 Å². The Kier molecular flexibility index (Phi) is 3.35. The smallest absolute Gasteiger partial charge is 0.321 e. The van der Waals surface area contributed by atoms with E-state index in [-0.39, 0.29) is 11.8 Å². The van der Waals surface area contributed by atoms with Crippen molar-refractivity contribution < 1.29 is 13.9 Å². The maximum Gasteiger partial charge on any atom is 0.321 e. The summed E-state index contributed by atoms with van der Waals surface area (Å²) in [5, 5.41) is 2.92. The van der Waals surface area contributed by atoms with Crippen LogP contribution in [-0.4, -0.2) is 40.8 Å². The number of aromatic nitrogens is 1. The number of benzene rings is 1. The van der Waals surface area contributed by atoms with Gasteiger partial charge in [-0.2, -0.15) is 0 Å². The molecule has 0 unspecified atom stereocenters. The predicted octanol–water partition coefficient (Wildman–Crippen LogP) is 3.26. The van der Waals surface area contributed by atoms with Crippen molar-refractivity contribution >= 4 is 11.7 Å². The second kappa shape index (κ2) is 5.59. The number of hydrogen-bond acceptors (Lipinski definition) is 2. The lowest BCUT2D eigenvalue weighted by Crippen LogP contribution is -2.35. The number of amides is 2. The summed E-state index contributed by atoms with van der Waals surface area (Å²) < 4.78 is 21.7. The third kappa shape index (κ3) is 2.43. The Labute approximate surface area is 145 Å². The Morgan fingerprint density at radius 3 is 2.48 bits per heavy atom. The largest absolute Gasteiger partial charge is 0.374 e. The first-order valence-corrected chi connectivity index (χ1v) is 8.83.